The zero-order valence-corrected chi connectivity index (χ0v) is 19.7. The van der Waals surface area contributed by atoms with Crippen molar-refractivity contribution < 1.29 is 22.4 Å². The lowest BCUT2D eigenvalue weighted by Crippen LogP contribution is -2.51. The Morgan fingerprint density at radius 3 is 2.28 bits per heavy atom. The van der Waals surface area contributed by atoms with E-state index in [2.05, 4.69) is 5.32 Å². The van der Waals surface area contributed by atoms with Gasteiger partial charge in [-0.05, 0) is 55.7 Å². The molecule has 0 aliphatic heterocycles. The first-order valence-corrected chi connectivity index (χ1v) is 12.2. The predicted octanol–water partition coefficient (Wildman–Crippen LogP) is 2.84. The van der Waals surface area contributed by atoms with Crippen LogP contribution in [0.4, 0.5) is 10.1 Å². The first-order chi connectivity index (χ1) is 15.0. The molecular weight excluding hydrogens is 433 g/mol. The summed E-state index contributed by atoms with van der Waals surface area (Å²) in [7, 11) is -3.84. The lowest BCUT2D eigenvalue weighted by Gasteiger charge is -2.31. The van der Waals surface area contributed by atoms with Crippen LogP contribution in [0.15, 0.2) is 48.5 Å². The fraction of sp³-hybridized carbons (Fsp3) is 0.391. The van der Waals surface area contributed by atoms with Crippen molar-refractivity contribution in [1.29, 1.82) is 0 Å². The fourth-order valence-electron chi connectivity index (χ4n) is 3.17. The lowest BCUT2D eigenvalue weighted by atomic mass is 10.1. The summed E-state index contributed by atoms with van der Waals surface area (Å²) >= 11 is 0. The van der Waals surface area contributed by atoms with Gasteiger partial charge in [0.15, 0.2) is 0 Å². The second kappa shape index (κ2) is 11.1. The zero-order valence-electron chi connectivity index (χ0n) is 18.8. The molecule has 174 valence electrons. The average Bonchev–Trinajstić information content (AvgIpc) is 2.74. The minimum absolute atomic E-state index is 0.146. The van der Waals surface area contributed by atoms with E-state index in [0.717, 1.165) is 40.2 Å². The van der Waals surface area contributed by atoms with Gasteiger partial charge in [0.2, 0.25) is 21.8 Å². The van der Waals surface area contributed by atoms with Gasteiger partial charge in [0.1, 0.15) is 18.4 Å². The van der Waals surface area contributed by atoms with E-state index in [4.69, 9.17) is 0 Å². The summed E-state index contributed by atoms with van der Waals surface area (Å²) in [5.74, 6) is -1.38. The third-order valence-corrected chi connectivity index (χ3v) is 6.25. The van der Waals surface area contributed by atoms with E-state index in [1.165, 1.54) is 17.0 Å². The van der Waals surface area contributed by atoms with Crippen molar-refractivity contribution in [2.45, 2.75) is 39.8 Å². The first-order valence-electron chi connectivity index (χ1n) is 10.4. The molecule has 0 saturated heterocycles. The quantitative estimate of drug-likeness (QED) is 0.587. The van der Waals surface area contributed by atoms with Crippen LogP contribution < -0.4 is 9.62 Å². The largest absolute Gasteiger partial charge is 0.354 e. The van der Waals surface area contributed by atoms with E-state index >= 15 is 0 Å². The molecule has 0 heterocycles. The van der Waals surface area contributed by atoms with Crippen LogP contribution >= 0.6 is 0 Å². The van der Waals surface area contributed by atoms with Gasteiger partial charge in [-0.25, -0.2) is 12.8 Å². The molecule has 1 N–H and O–H groups in total. The van der Waals surface area contributed by atoms with Crippen LogP contribution in [0, 0.1) is 12.7 Å². The molecule has 9 heteroatoms. The fourth-order valence-corrected chi connectivity index (χ4v) is 4.02. The number of nitrogens with one attached hydrogen (secondary N) is 1. The average molecular weight is 464 g/mol. The number of hydrogen-bond acceptors (Lipinski definition) is 4. The topological polar surface area (TPSA) is 86.8 Å². The Labute approximate surface area is 189 Å². The number of nitrogens with zero attached hydrogens (tertiary/aromatic N) is 2. The number of carbonyl (C=O) groups is 2. The smallest absolute Gasteiger partial charge is 0.244 e. The number of halogens is 1. The highest BCUT2D eigenvalue weighted by molar-refractivity contribution is 7.92. The van der Waals surface area contributed by atoms with E-state index in [0.29, 0.717) is 6.54 Å². The molecule has 2 rings (SSSR count). The highest BCUT2D eigenvalue weighted by Crippen LogP contribution is 2.20. The molecule has 0 aliphatic carbocycles. The molecule has 7 nitrogen and oxygen atoms in total. The van der Waals surface area contributed by atoms with E-state index in [9.17, 15) is 22.4 Å². The first kappa shape index (κ1) is 25.3. The van der Waals surface area contributed by atoms with Crippen LogP contribution in [0.2, 0.25) is 0 Å². The van der Waals surface area contributed by atoms with Crippen molar-refractivity contribution in [3.05, 3.63) is 65.5 Å². The van der Waals surface area contributed by atoms with Crippen LogP contribution in [-0.4, -0.2) is 50.5 Å². The molecule has 2 aromatic carbocycles. The zero-order chi connectivity index (χ0) is 23.9. The molecule has 0 fully saturated rings. The molecule has 0 bridgehead atoms. The molecule has 1 atom stereocenters. The van der Waals surface area contributed by atoms with Crippen molar-refractivity contribution >= 4 is 27.5 Å². The molecule has 0 saturated carbocycles. The van der Waals surface area contributed by atoms with Gasteiger partial charge in [-0.2, -0.15) is 0 Å². The van der Waals surface area contributed by atoms with Gasteiger partial charge in [-0.15, -0.1) is 0 Å². The Balaban J connectivity index is 2.37. The van der Waals surface area contributed by atoms with Gasteiger partial charge in [0.05, 0.1) is 11.9 Å². The minimum Gasteiger partial charge on any atom is -0.354 e. The highest BCUT2D eigenvalue weighted by atomic mass is 32.2. The van der Waals surface area contributed by atoms with Crippen molar-refractivity contribution in [2.24, 2.45) is 0 Å². The Kier molecular flexibility index (Phi) is 8.77. The second-order valence-electron chi connectivity index (χ2n) is 7.66. The molecule has 0 unspecified atom stereocenters. The molecule has 0 radical (unpaired) electrons. The molecule has 0 aliphatic rings. The van der Waals surface area contributed by atoms with E-state index in [1.54, 1.807) is 6.92 Å². The van der Waals surface area contributed by atoms with E-state index < -0.39 is 34.3 Å². The monoisotopic (exact) mass is 463 g/mol. The standard InChI is InChI=1S/C23H30FN3O4S/c1-5-14-25-23(29)18(3)26(15-19-9-7-6-8-17(19)2)22(28)16-27(32(4,30)31)21-12-10-20(24)11-13-21/h6-13,18H,5,14-16H2,1-4H3,(H,25,29)/t18-/m0/s1. The van der Waals surface area contributed by atoms with Crippen LogP contribution in [-0.2, 0) is 26.2 Å². The maximum atomic E-state index is 13.3. The number of aryl methyl sites for hydroxylation is 1. The SMILES string of the molecule is CCCNC(=O)[C@H](C)N(Cc1ccccc1C)C(=O)CN(c1ccc(F)cc1)S(C)(=O)=O. The Hall–Kier alpha value is -2.94. The van der Waals surface area contributed by atoms with Gasteiger partial charge in [-0.3, -0.25) is 13.9 Å². The van der Waals surface area contributed by atoms with E-state index in [1.807, 2.05) is 38.1 Å². The predicted molar refractivity (Wildman–Crippen MR) is 123 cm³/mol. The van der Waals surface area contributed by atoms with Gasteiger partial charge >= 0.3 is 0 Å². The summed E-state index contributed by atoms with van der Waals surface area (Å²) in [5.41, 5.74) is 1.97. The number of hydrogen-bond donors (Lipinski definition) is 1. The summed E-state index contributed by atoms with van der Waals surface area (Å²) in [6.07, 6.45) is 1.73. The number of carbonyl (C=O) groups excluding carboxylic acids is 2. The molecule has 32 heavy (non-hydrogen) atoms. The summed E-state index contributed by atoms with van der Waals surface area (Å²) in [6, 6.07) is 11.5. The van der Waals surface area contributed by atoms with Crippen molar-refractivity contribution in [3.8, 4) is 0 Å². The maximum absolute atomic E-state index is 13.3. The molecule has 0 aromatic heterocycles. The molecule has 2 aromatic rings. The van der Waals surface area contributed by atoms with E-state index in [-0.39, 0.29) is 18.1 Å². The molecular formula is C23H30FN3O4S. The highest BCUT2D eigenvalue weighted by Gasteiger charge is 2.30. The van der Waals surface area contributed by atoms with Crippen LogP contribution in [0.3, 0.4) is 0 Å². The molecule has 0 spiro atoms. The third-order valence-electron chi connectivity index (χ3n) is 5.11. The van der Waals surface area contributed by atoms with Crippen molar-refractivity contribution in [3.63, 3.8) is 0 Å². The number of amides is 2. The Morgan fingerprint density at radius 2 is 1.72 bits per heavy atom. The summed E-state index contributed by atoms with van der Waals surface area (Å²) in [6.45, 7) is 5.55. The maximum Gasteiger partial charge on any atom is 0.244 e. The number of sulfonamides is 1. The van der Waals surface area contributed by atoms with Gasteiger partial charge in [-0.1, -0.05) is 31.2 Å². The number of anilines is 1. The summed E-state index contributed by atoms with van der Waals surface area (Å²) in [5, 5.41) is 2.78. The van der Waals surface area contributed by atoms with Gasteiger partial charge in [0.25, 0.3) is 0 Å². The summed E-state index contributed by atoms with van der Waals surface area (Å²) < 4.78 is 39.1. The molecule has 2 amide bonds. The normalized spacial score (nSPS) is 12.2. The van der Waals surface area contributed by atoms with Gasteiger partial charge < -0.3 is 10.2 Å². The lowest BCUT2D eigenvalue weighted by molar-refractivity contribution is -0.139. The van der Waals surface area contributed by atoms with Crippen LogP contribution in [0.5, 0.6) is 0 Å². The Morgan fingerprint density at radius 1 is 1.09 bits per heavy atom. The van der Waals surface area contributed by atoms with Gasteiger partial charge in [0, 0.05) is 13.1 Å². The van der Waals surface area contributed by atoms with Crippen molar-refractivity contribution in [1.82, 2.24) is 10.2 Å². The third kappa shape index (κ3) is 6.78. The van der Waals surface area contributed by atoms with Crippen LogP contribution in [0.25, 0.3) is 0 Å². The number of rotatable bonds is 10. The minimum atomic E-state index is -3.84. The van der Waals surface area contributed by atoms with Crippen molar-refractivity contribution in [2.75, 3.05) is 23.7 Å². The van der Waals surface area contributed by atoms with Crippen LogP contribution in [0.1, 0.15) is 31.4 Å². The Bertz CT molecular complexity index is 1040. The number of benzene rings is 2. The summed E-state index contributed by atoms with van der Waals surface area (Å²) in [4.78, 5) is 27.3. The second-order valence-corrected chi connectivity index (χ2v) is 9.57.